The maximum atomic E-state index is 13.0. The average Bonchev–Trinajstić information content (AvgIpc) is 3.19. The van der Waals surface area contributed by atoms with Gasteiger partial charge in [-0.3, -0.25) is 9.48 Å². The molecule has 3 aromatic rings. The highest BCUT2D eigenvalue weighted by molar-refractivity contribution is 6.01. The second-order valence-electron chi connectivity index (χ2n) is 7.88. The first-order valence-electron chi connectivity index (χ1n) is 8.87. The molecule has 1 aliphatic carbocycles. The molecule has 4 rings (SSSR count). The number of para-hydroxylation sites is 2. The third-order valence-corrected chi connectivity index (χ3v) is 4.69. The molecule has 0 saturated heterocycles. The van der Waals surface area contributed by atoms with E-state index in [9.17, 15) is 10.1 Å². The van der Waals surface area contributed by atoms with Gasteiger partial charge in [-0.2, -0.15) is 10.4 Å². The molecule has 1 saturated carbocycles. The lowest BCUT2D eigenvalue weighted by molar-refractivity contribution is 0.0970. The molecule has 1 N–H and O–H groups in total. The normalized spacial score (nSPS) is 15.8. The molecule has 1 aromatic carbocycles. The standard InChI is InChI=1S/C20H21N5O/c1-20(2,3)25-17(12-8-9-12)10-16(24-25)18(26)13(11-21)19-22-14-6-4-5-7-15(14)23-19/h4-7,10,12-13H,8-9H2,1-3H3,(H,22,23)/t13-/m0/s1. The fraction of sp³-hybridized carbons (Fsp3) is 0.400. The van der Waals surface area contributed by atoms with Gasteiger partial charge in [0.2, 0.25) is 5.78 Å². The lowest BCUT2D eigenvalue weighted by atomic mass is 10.0. The van der Waals surface area contributed by atoms with Crippen molar-refractivity contribution in [1.82, 2.24) is 19.7 Å². The molecule has 6 heteroatoms. The third-order valence-electron chi connectivity index (χ3n) is 4.69. The largest absolute Gasteiger partial charge is 0.340 e. The second-order valence-corrected chi connectivity index (χ2v) is 7.88. The fourth-order valence-corrected chi connectivity index (χ4v) is 3.22. The Morgan fingerprint density at radius 1 is 1.35 bits per heavy atom. The Hall–Kier alpha value is -2.94. The predicted molar refractivity (Wildman–Crippen MR) is 98.0 cm³/mol. The average molecular weight is 347 g/mol. The molecule has 132 valence electrons. The van der Waals surface area contributed by atoms with E-state index < -0.39 is 5.92 Å². The van der Waals surface area contributed by atoms with Gasteiger partial charge in [-0.05, 0) is 51.8 Å². The van der Waals surface area contributed by atoms with Gasteiger partial charge in [-0.15, -0.1) is 0 Å². The number of ketones is 1. The monoisotopic (exact) mass is 347 g/mol. The number of carbonyl (C=O) groups is 1. The maximum absolute atomic E-state index is 13.0. The Balaban J connectivity index is 1.72. The van der Waals surface area contributed by atoms with E-state index in [0.717, 1.165) is 29.6 Å². The van der Waals surface area contributed by atoms with Gasteiger partial charge in [0.15, 0.2) is 5.92 Å². The van der Waals surface area contributed by atoms with E-state index in [1.807, 2.05) is 35.0 Å². The van der Waals surface area contributed by atoms with Gasteiger partial charge >= 0.3 is 0 Å². The molecule has 0 amide bonds. The van der Waals surface area contributed by atoms with E-state index >= 15 is 0 Å². The summed E-state index contributed by atoms with van der Waals surface area (Å²) >= 11 is 0. The summed E-state index contributed by atoms with van der Waals surface area (Å²) in [5.74, 6) is -0.457. The summed E-state index contributed by atoms with van der Waals surface area (Å²) in [5, 5.41) is 14.2. The van der Waals surface area contributed by atoms with E-state index in [1.165, 1.54) is 0 Å². The summed E-state index contributed by atoms with van der Waals surface area (Å²) in [4.78, 5) is 20.5. The Morgan fingerprint density at radius 2 is 2.08 bits per heavy atom. The van der Waals surface area contributed by atoms with Crippen LogP contribution in [0.25, 0.3) is 11.0 Å². The van der Waals surface area contributed by atoms with Gasteiger partial charge < -0.3 is 4.98 Å². The number of hydrogen-bond donors (Lipinski definition) is 1. The van der Waals surface area contributed by atoms with Crippen LogP contribution in [0.3, 0.4) is 0 Å². The minimum atomic E-state index is -0.988. The van der Waals surface area contributed by atoms with Crippen LogP contribution in [0.15, 0.2) is 30.3 Å². The number of carbonyl (C=O) groups excluding carboxylic acids is 1. The van der Waals surface area contributed by atoms with Gasteiger partial charge in [0.25, 0.3) is 0 Å². The van der Waals surface area contributed by atoms with Gasteiger partial charge in [0.05, 0.1) is 22.6 Å². The van der Waals surface area contributed by atoms with E-state index in [0.29, 0.717) is 17.4 Å². The summed E-state index contributed by atoms with van der Waals surface area (Å²) in [6, 6.07) is 11.5. The van der Waals surface area contributed by atoms with E-state index in [2.05, 4.69) is 41.9 Å². The SMILES string of the molecule is CC(C)(C)n1nc(C(=O)[C@H](C#N)c2nc3ccccc3[nH]2)cc1C1CC1. The van der Waals surface area contributed by atoms with Crippen LogP contribution in [-0.2, 0) is 5.54 Å². The van der Waals surface area contributed by atoms with Crippen LogP contribution < -0.4 is 0 Å². The fourth-order valence-electron chi connectivity index (χ4n) is 3.22. The molecule has 1 aliphatic rings. The van der Waals surface area contributed by atoms with Crippen LogP contribution in [-0.4, -0.2) is 25.5 Å². The second kappa shape index (κ2) is 5.80. The number of aromatic nitrogens is 4. The first-order chi connectivity index (χ1) is 12.4. The molecular formula is C20H21N5O. The van der Waals surface area contributed by atoms with Crippen molar-refractivity contribution < 1.29 is 4.79 Å². The van der Waals surface area contributed by atoms with Crippen molar-refractivity contribution in [3.8, 4) is 6.07 Å². The zero-order valence-corrected chi connectivity index (χ0v) is 15.2. The number of imidazole rings is 1. The molecule has 6 nitrogen and oxygen atoms in total. The number of rotatable bonds is 4. The van der Waals surface area contributed by atoms with Crippen molar-refractivity contribution in [2.75, 3.05) is 0 Å². The molecule has 1 fully saturated rings. The molecule has 0 bridgehead atoms. The minimum Gasteiger partial charge on any atom is -0.340 e. The Kier molecular flexibility index (Phi) is 3.69. The number of nitriles is 1. The number of fused-ring (bicyclic) bond motifs is 1. The van der Waals surface area contributed by atoms with Crippen LogP contribution >= 0.6 is 0 Å². The van der Waals surface area contributed by atoms with Crippen LogP contribution in [0.2, 0.25) is 0 Å². The molecule has 0 aliphatic heterocycles. The molecule has 0 unspecified atom stereocenters. The van der Waals surface area contributed by atoms with Crippen LogP contribution in [0.1, 0.15) is 67.5 Å². The highest BCUT2D eigenvalue weighted by Crippen LogP contribution is 2.42. The maximum Gasteiger partial charge on any atom is 0.207 e. The topological polar surface area (TPSA) is 87.4 Å². The first-order valence-corrected chi connectivity index (χ1v) is 8.87. The van der Waals surface area contributed by atoms with Crippen molar-refractivity contribution in [3.05, 3.63) is 47.5 Å². The molecule has 0 radical (unpaired) electrons. The lowest BCUT2D eigenvalue weighted by Gasteiger charge is -2.22. The summed E-state index contributed by atoms with van der Waals surface area (Å²) in [5.41, 5.74) is 2.78. The summed E-state index contributed by atoms with van der Waals surface area (Å²) in [6.45, 7) is 6.21. The number of benzene rings is 1. The van der Waals surface area contributed by atoms with E-state index in [4.69, 9.17) is 0 Å². The third kappa shape index (κ3) is 2.80. The van der Waals surface area contributed by atoms with Crippen molar-refractivity contribution in [2.24, 2.45) is 0 Å². The van der Waals surface area contributed by atoms with Gasteiger partial charge in [-0.1, -0.05) is 12.1 Å². The van der Waals surface area contributed by atoms with Gasteiger partial charge in [0.1, 0.15) is 11.5 Å². The van der Waals surface area contributed by atoms with Crippen LogP contribution in [0, 0.1) is 11.3 Å². The molecule has 0 spiro atoms. The Bertz CT molecular complexity index is 994. The van der Waals surface area contributed by atoms with E-state index in [1.54, 1.807) is 0 Å². The Labute approximate surface area is 151 Å². The number of nitrogens with one attached hydrogen (secondary N) is 1. The van der Waals surface area contributed by atoms with Crippen molar-refractivity contribution >= 4 is 16.8 Å². The van der Waals surface area contributed by atoms with E-state index in [-0.39, 0.29) is 11.3 Å². The highest BCUT2D eigenvalue weighted by Gasteiger charge is 2.34. The molecule has 1 atom stereocenters. The van der Waals surface area contributed by atoms with Gasteiger partial charge in [0, 0.05) is 11.6 Å². The number of Topliss-reactive ketones (excluding diaryl/α,β-unsaturated/α-hetero) is 1. The zero-order valence-electron chi connectivity index (χ0n) is 15.2. The zero-order chi connectivity index (χ0) is 18.5. The molecule has 26 heavy (non-hydrogen) atoms. The van der Waals surface area contributed by atoms with Crippen molar-refractivity contribution in [3.63, 3.8) is 0 Å². The molecule has 2 aromatic heterocycles. The number of hydrogen-bond acceptors (Lipinski definition) is 4. The summed E-state index contributed by atoms with van der Waals surface area (Å²) in [6.07, 6.45) is 2.25. The lowest BCUT2D eigenvalue weighted by Crippen LogP contribution is -2.25. The van der Waals surface area contributed by atoms with Crippen LogP contribution in [0.4, 0.5) is 0 Å². The summed E-state index contributed by atoms with van der Waals surface area (Å²) < 4.78 is 1.94. The highest BCUT2D eigenvalue weighted by atomic mass is 16.1. The molecular weight excluding hydrogens is 326 g/mol. The molecule has 2 heterocycles. The first kappa shape index (κ1) is 16.5. The number of H-pyrrole nitrogens is 1. The van der Waals surface area contributed by atoms with Crippen molar-refractivity contribution in [1.29, 1.82) is 5.26 Å². The number of aromatic amines is 1. The quantitative estimate of drug-likeness (QED) is 0.726. The number of nitrogens with zero attached hydrogens (tertiary/aromatic N) is 4. The summed E-state index contributed by atoms with van der Waals surface area (Å²) in [7, 11) is 0. The minimum absolute atomic E-state index is 0.210. The van der Waals surface area contributed by atoms with Crippen LogP contribution in [0.5, 0.6) is 0 Å². The van der Waals surface area contributed by atoms with Gasteiger partial charge in [-0.25, -0.2) is 4.98 Å². The predicted octanol–water partition coefficient (Wildman–Crippen LogP) is 3.88. The van der Waals surface area contributed by atoms with Crippen molar-refractivity contribution in [2.45, 2.75) is 51.0 Å². The smallest absolute Gasteiger partial charge is 0.207 e. The Morgan fingerprint density at radius 3 is 2.69 bits per heavy atom.